The van der Waals surface area contributed by atoms with Crippen LogP contribution in [0, 0.1) is 0 Å². The Kier molecular flexibility index (Phi) is 1.56. The lowest BCUT2D eigenvalue weighted by Crippen LogP contribution is -1.87. The van der Waals surface area contributed by atoms with Gasteiger partial charge in [0.2, 0.25) is 0 Å². The summed E-state index contributed by atoms with van der Waals surface area (Å²) in [5.41, 5.74) is 0. The number of hydrogen-bond acceptors (Lipinski definition) is 0. The molecule has 50 valence electrons. The van der Waals surface area contributed by atoms with Crippen LogP contribution in [0.5, 0.6) is 0 Å². The molecule has 2 heterocycles. The van der Waals surface area contributed by atoms with Crippen LogP contribution in [0.3, 0.4) is 0 Å². The van der Waals surface area contributed by atoms with Crippen molar-refractivity contribution < 1.29 is 0 Å². The average Bonchev–Trinajstić information content (AvgIpc) is 2.05. The Morgan fingerprint density at radius 1 is 1.20 bits per heavy atom. The quantitative estimate of drug-likeness (QED) is 0.463. The molecule has 2 aliphatic heterocycles. The van der Waals surface area contributed by atoms with Gasteiger partial charge in [-0.05, 0) is 19.4 Å². The van der Waals surface area contributed by atoms with E-state index in [2.05, 4.69) is 42.3 Å². The summed E-state index contributed by atoms with van der Waals surface area (Å²) in [5.74, 6) is 2.32. The van der Waals surface area contributed by atoms with Gasteiger partial charge >= 0.3 is 0 Å². The van der Waals surface area contributed by atoms with Crippen LogP contribution in [-0.4, -0.2) is 6.16 Å². The van der Waals surface area contributed by atoms with Crippen molar-refractivity contribution in [2.75, 3.05) is 6.16 Å². The monoisotopic (exact) mass is 148 g/mol. The minimum absolute atomic E-state index is 0.0607. The summed E-state index contributed by atoms with van der Waals surface area (Å²) >= 11 is 0. The summed E-state index contributed by atoms with van der Waals surface area (Å²) in [6.45, 7) is 0. The largest absolute Gasteiger partial charge is 0.0796 e. The van der Waals surface area contributed by atoms with Gasteiger partial charge in [-0.15, -0.1) is 0 Å². The number of rotatable bonds is 0. The van der Waals surface area contributed by atoms with E-state index < -0.39 is 0 Å². The summed E-state index contributed by atoms with van der Waals surface area (Å²) in [5, 5.41) is 1.51. The van der Waals surface area contributed by atoms with Crippen molar-refractivity contribution in [2.24, 2.45) is 0 Å². The molecule has 0 N–H and O–H groups in total. The van der Waals surface area contributed by atoms with Gasteiger partial charge in [-0.25, -0.2) is 0 Å². The summed E-state index contributed by atoms with van der Waals surface area (Å²) in [7, 11) is 0.0607. The highest BCUT2D eigenvalue weighted by Gasteiger charge is 2.09. The molecule has 0 saturated carbocycles. The smallest absolute Gasteiger partial charge is 0.00666 e. The van der Waals surface area contributed by atoms with Crippen molar-refractivity contribution in [3.63, 3.8) is 0 Å². The zero-order chi connectivity index (χ0) is 6.81. The molecule has 0 aromatic heterocycles. The van der Waals surface area contributed by atoms with Crippen LogP contribution in [0.4, 0.5) is 0 Å². The van der Waals surface area contributed by atoms with Gasteiger partial charge in [-0.1, -0.05) is 42.3 Å². The molecule has 0 aliphatic carbocycles. The molecular weight excluding hydrogens is 139 g/mol. The lowest BCUT2D eigenvalue weighted by atomic mass is 10.4. The molecule has 0 amide bonds. The first kappa shape index (κ1) is 6.12. The molecule has 0 aromatic rings. The van der Waals surface area contributed by atoms with Crippen molar-refractivity contribution in [3.05, 3.63) is 47.6 Å². The van der Waals surface area contributed by atoms with Crippen LogP contribution in [0.25, 0.3) is 0 Å². The van der Waals surface area contributed by atoms with Gasteiger partial charge in [-0.2, -0.15) is 0 Å². The molecule has 2 rings (SSSR count). The molecule has 0 saturated heterocycles. The normalized spacial score (nSPS) is 28.0. The molecule has 0 spiro atoms. The highest BCUT2D eigenvalue weighted by molar-refractivity contribution is 7.65. The maximum atomic E-state index is 2.32. The van der Waals surface area contributed by atoms with Crippen LogP contribution < -0.4 is 0 Å². The number of hydrogen-bond donors (Lipinski definition) is 0. The molecule has 2 aliphatic rings. The van der Waals surface area contributed by atoms with Crippen LogP contribution in [-0.2, 0) is 0 Å². The fourth-order valence-corrected chi connectivity index (χ4v) is 2.86. The third kappa shape index (κ3) is 0.998. The van der Waals surface area contributed by atoms with Crippen LogP contribution >= 0.6 is 7.92 Å². The summed E-state index contributed by atoms with van der Waals surface area (Å²) < 4.78 is 0. The first-order chi connectivity index (χ1) is 4.97. The lowest BCUT2D eigenvalue weighted by molar-refractivity contribution is 1.63. The predicted octanol–water partition coefficient (Wildman–Crippen LogP) is 3.01. The second-order valence-corrected chi connectivity index (χ2v) is 4.49. The van der Waals surface area contributed by atoms with E-state index in [1.807, 2.05) is 0 Å². The van der Waals surface area contributed by atoms with Crippen LogP contribution in [0.2, 0.25) is 0 Å². The van der Waals surface area contributed by atoms with Crippen LogP contribution in [0.1, 0.15) is 0 Å². The molecule has 1 unspecified atom stereocenters. The summed E-state index contributed by atoms with van der Waals surface area (Å²) in [4.78, 5) is 0. The molecule has 0 aromatic carbocycles. The number of fused-ring (bicyclic) bond motifs is 1. The predicted molar refractivity (Wildman–Crippen MR) is 47.3 cm³/mol. The Bertz CT molecular complexity index is 243. The van der Waals surface area contributed by atoms with Crippen molar-refractivity contribution >= 4 is 7.92 Å². The van der Waals surface area contributed by atoms with E-state index in [9.17, 15) is 0 Å². The van der Waals surface area contributed by atoms with Gasteiger partial charge < -0.3 is 0 Å². The summed E-state index contributed by atoms with van der Waals surface area (Å²) in [6.07, 6.45) is 14.3. The average molecular weight is 148 g/mol. The molecular formula is C9H9P. The fourth-order valence-electron chi connectivity index (χ4n) is 1.15. The molecule has 1 atom stereocenters. The van der Waals surface area contributed by atoms with E-state index in [0.717, 1.165) is 0 Å². The Balaban J connectivity index is 2.34. The molecule has 0 nitrogen and oxygen atoms in total. The first-order valence-corrected chi connectivity index (χ1v) is 5.05. The third-order valence-electron chi connectivity index (χ3n) is 1.68. The van der Waals surface area contributed by atoms with Gasteiger partial charge in [0.1, 0.15) is 0 Å². The van der Waals surface area contributed by atoms with Gasteiger partial charge in [0, 0.05) is 0 Å². The zero-order valence-corrected chi connectivity index (χ0v) is 6.59. The Hall–Kier alpha value is -0.610. The van der Waals surface area contributed by atoms with Gasteiger partial charge in [-0.3, -0.25) is 0 Å². The number of allylic oxidation sites excluding steroid dienone is 7. The standard InChI is InChI=1S/C9H9P/c1-3-7-10-8-4-2-6-9(10)5-1/h1-7H,8H2. The lowest BCUT2D eigenvalue weighted by Gasteiger charge is -2.17. The highest BCUT2D eigenvalue weighted by Crippen LogP contribution is 2.50. The van der Waals surface area contributed by atoms with Crippen molar-refractivity contribution in [1.82, 2.24) is 0 Å². The molecule has 0 fully saturated rings. The van der Waals surface area contributed by atoms with E-state index in [4.69, 9.17) is 0 Å². The molecule has 0 radical (unpaired) electrons. The Morgan fingerprint density at radius 2 is 2.20 bits per heavy atom. The Morgan fingerprint density at radius 3 is 3.10 bits per heavy atom. The van der Waals surface area contributed by atoms with Gasteiger partial charge in [0.05, 0.1) is 0 Å². The topological polar surface area (TPSA) is 0 Å². The summed E-state index contributed by atoms with van der Waals surface area (Å²) in [6, 6.07) is 0. The maximum Gasteiger partial charge on any atom is -0.00666 e. The molecule has 0 bridgehead atoms. The van der Waals surface area contributed by atoms with E-state index >= 15 is 0 Å². The van der Waals surface area contributed by atoms with E-state index in [1.54, 1.807) is 0 Å². The van der Waals surface area contributed by atoms with E-state index in [1.165, 1.54) is 11.5 Å². The molecule has 1 heteroatoms. The molecule has 10 heavy (non-hydrogen) atoms. The van der Waals surface area contributed by atoms with Crippen LogP contribution in [0.15, 0.2) is 47.6 Å². The highest BCUT2D eigenvalue weighted by atomic mass is 31.1. The van der Waals surface area contributed by atoms with E-state index in [-0.39, 0.29) is 7.92 Å². The van der Waals surface area contributed by atoms with E-state index in [0.29, 0.717) is 0 Å². The van der Waals surface area contributed by atoms with Crippen molar-refractivity contribution in [3.8, 4) is 0 Å². The third-order valence-corrected chi connectivity index (χ3v) is 3.78. The van der Waals surface area contributed by atoms with Gasteiger partial charge in [0.15, 0.2) is 0 Å². The SMILES string of the molecule is C1=CCP2C=CC=CC2=C1. The maximum absolute atomic E-state index is 2.32. The van der Waals surface area contributed by atoms with Crippen molar-refractivity contribution in [2.45, 2.75) is 0 Å². The zero-order valence-electron chi connectivity index (χ0n) is 5.70. The minimum atomic E-state index is 0.0607. The second-order valence-electron chi connectivity index (χ2n) is 2.37. The Labute approximate surface area is 62.4 Å². The van der Waals surface area contributed by atoms with Gasteiger partial charge in [0.25, 0.3) is 0 Å². The fraction of sp³-hybridized carbons (Fsp3) is 0.111. The second kappa shape index (κ2) is 2.56. The first-order valence-electron chi connectivity index (χ1n) is 3.45. The van der Waals surface area contributed by atoms with Crippen molar-refractivity contribution in [1.29, 1.82) is 0 Å². The minimum Gasteiger partial charge on any atom is -0.0796 e.